The zero-order chi connectivity index (χ0) is 63.3. The van der Waals surface area contributed by atoms with Gasteiger partial charge in [0.25, 0.3) is 0 Å². The van der Waals surface area contributed by atoms with Crippen molar-refractivity contribution in [1.82, 2.24) is 0 Å². The van der Waals surface area contributed by atoms with Crippen molar-refractivity contribution in [2.45, 2.75) is 232 Å². The van der Waals surface area contributed by atoms with Gasteiger partial charge in [0, 0.05) is 12.8 Å². The number of esters is 2. The van der Waals surface area contributed by atoms with Gasteiger partial charge in [-0.1, -0.05) is 260 Å². The number of carboxylic acid groups (broad SMARTS) is 1. The van der Waals surface area contributed by atoms with Gasteiger partial charge < -0.3 is 33.3 Å². The van der Waals surface area contributed by atoms with Crippen LogP contribution >= 0.6 is 0 Å². The summed E-state index contributed by atoms with van der Waals surface area (Å²) in [4.78, 5) is 37.4. The molecule has 0 radical (unpaired) electrons. The Kier molecular flexibility index (Phi) is 61.6. The van der Waals surface area contributed by atoms with Crippen LogP contribution in [0.5, 0.6) is 0 Å². The first kappa shape index (κ1) is 81.1. The summed E-state index contributed by atoms with van der Waals surface area (Å²) in [5.74, 6) is -2.37. The largest absolute Gasteiger partial charge is 0.545 e. The third-order valence-corrected chi connectivity index (χ3v) is 13.3. The summed E-state index contributed by atoms with van der Waals surface area (Å²) in [6.45, 7) is 4.43. The van der Waals surface area contributed by atoms with E-state index in [9.17, 15) is 19.5 Å². The number of aliphatic carboxylic acids is 1. The van der Waals surface area contributed by atoms with E-state index in [1.54, 1.807) is 0 Å². The van der Waals surface area contributed by atoms with Crippen LogP contribution in [0.15, 0.2) is 194 Å². The fraction of sp³-hybridized carbons (Fsp3) is 0.551. The zero-order valence-corrected chi connectivity index (χ0v) is 55.3. The van der Waals surface area contributed by atoms with Crippen molar-refractivity contribution >= 4 is 17.9 Å². The van der Waals surface area contributed by atoms with Crippen LogP contribution in [0.3, 0.4) is 0 Å². The fourth-order valence-corrected chi connectivity index (χ4v) is 8.27. The first-order valence-electron chi connectivity index (χ1n) is 33.6. The summed E-state index contributed by atoms with van der Waals surface area (Å²) < 4.78 is 22.7. The number of hydrogen-bond acceptors (Lipinski definition) is 8. The smallest absolute Gasteiger partial charge is 0.306 e. The second-order valence-electron chi connectivity index (χ2n) is 22.6. The Balaban J connectivity index is 4.33. The Morgan fingerprint density at radius 1 is 0.345 bits per heavy atom. The molecule has 9 heteroatoms. The predicted molar refractivity (Wildman–Crippen MR) is 370 cm³/mol. The maximum atomic E-state index is 12.9. The SMILES string of the molecule is CC/C=C\C/C=C\C/C=C\C/C=C\C/C=C\C/C=C\C/C=C\C/C=C\C/C=C\C/C=C\CCCCC(=O)OC(COC(=O)CCCCCCCCCCCC/C=C\C/C=C\C/C=C\C/C=C\C/C=C\C/C=C\CC)COC(OCC[N+](C)(C)C)C(=O)[O-]. The molecule has 0 aliphatic carbocycles. The molecular weight excluding hydrogens is 1080 g/mol. The second kappa shape index (κ2) is 66.1. The highest BCUT2D eigenvalue weighted by molar-refractivity contribution is 5.70. The summed E-state index contributed by atoms with van der Waals surface area (Å²) in [6, 6.07) is 0. The lowest BCUT2D eigenvalue weighted by Gasteiger charge is -2.26. The fourth-order valence-electron chi connectivity index (χ4n) is 8.27. The lowest BCUT2D eigenvalue weighted by molar-refractivity contribution is -0.870. The number of nitrogens with zero attached hydrogens (tertiary/aromatic N) is 1. The molecule has 87 heavy (non-hydrogen) atoms. The first-order valence-corrected chi connectivity index (χ1v) is 33.6. The van der Waals surface area contributed by atoms with Gasteiger partial charge in [0.15, 0.2) is 12.4 Å². The van der Waals surface area contributed by atoms with Gasteiger partial charge in [-0.2, -0.15) is 0 Å². The maximum Gasteiger partial charge on any atom is 0.306 e. The van der Waals surface area contributed by atoms with Crippen LogP contribution < -0.4 is 5.11 Å². The Morgan fingerprint density at radius 2 is 0.621 bits per heavy atom. The minimum atomic E-state index is -1.65. The molecule has 0 aromatic heterocycles. The van der Waals surface area contributed by atoms with Crippen molar-refractivity contribution in [3.8, 4) is 0 Å². The number of carbonyl (C=O) groups excluding carboxylic acids is 3. The van der Waals surface area contributed by atoms with Crippen LogP contribution in [0.25, 0.3) is 0 Å². The Bertz CT molecular complexity index is 2130. The van der Waals surface area contributed by atoms with E-state index in [1.165, 1.54) is 38.5 Å². The van der Waals surface area contributed by atoms with Gasteiger partial charge in [-0.05, 0) is 141 Å². The quantitative estimate of drug-likeness (QED) is 0.0195. The van der Waals surface area contributed by atoms with Crippen molar-refractivity contribution in [3.05, 3.63) is 194 Å². The van der Waals surface area contributed by atoms with Crippen LogP contribution in [0.2, 0.25) is 0 Å². The molecule has 0 aliphatic heterocycles. The molecule has 0 amide bonds. The van der Waals surface area contributed by atoms with Crippen molar-refractivity contribution in [2.75, 3.05) is 47.5 Å². The van der Waals surface area contributed by atoms with Crippen LogP contribution in [0, 0.1) is 0 Å². The van der Waals surface area contributed by atoms with Gasteiger partial charge >= 0.3 is 11.9 Å². The van der Waals surface area contributed by atoms with E-state index in [4.69, 9.17) is 18.9 Å². The van der Waals surface area contributed by atoms with Crippen molar-refractivity contribution in [1.29, 1.82) is 0 Å². The minimum Gasteiger partial charge on any atom is -0.545 e. The molecule has 2 unspecified atom stereocenters. The standard InChI is InChI=1S/C78H121NO8/c1-6-8-10-12-14-16-18-20-22-24-26-28-30-32-34-36-37-38-39-41-43-45-47-49-51-53-55-57-59-61-63-65-67-69-76(81)87-74(73-86-78(77(82)83)84-71-70-79(3,4)5)72-85-75(80)68-66-64-62-60-58-56-54-52-50-48-46-44-42-40-35-33-31-29-27-25-23-21-19-17-15-13-11-9-7-2/h8-11,14-17,20-23,26-29,32-35,37-38,41-44,47,49,53,55,59,61,74,78H,6-7,12-13,18-19,24-25,30-31,36,39-40,45-46,48,50-52,54,56-58,60,62-73H2,1-5H3/b10-8-,11-9-,16-14-,17-15-,22-20-,23-21-,28-26-,29-27-,34-32-,35-33-,38-37-,43-41-,44-42-,49-47-,55-53-,61-59-. The van der Waals surface area contributed by atoms with Crippen molar-refractivity contribution < 1.29 is 42.9 Å². The van der Waals surface area contributed by atoms with Crippen molar-refractivity contribution in [2.24, 2.45) is 0 Å². The molecule has 0 aliphatic rings. The van der Waals surface area contributed by atoms with E-state index in [0.29, 0.717) is 17.4 Å². The molecule has 0 heterocycles. The highest BCUT2D eigenvalue weighted by Crippen LogP contribution is 2.14. The average Bonchev–Trinajstić information content (AvgIpc) is 3.59. The van der Waals surface area contributed by atoms with E-state index in [-0.39, 0.29) is 38.6 Å². The third kappa shape index (κ3) is 67.5. The molecule has 9 nitrogen and oxygen atoms in total. The zero-order valence-electron chi connectivity index (χ0n) is 55.3. The molecule has 0 saturated carbocycles. The summed E-state index contributed by atoms with van der Waals surface area (Å²) in [5.41, 5.74) is 0. The molecule has 486 valence electrons. The van der Waals surface area contributed by atoms with Gasteiger partial charge in [0.1, 0.15) is 13.2 Å². The van der Waals surface area contributed by atoms with E-state index in [0.717, 1.165) is 148 Å². The lowest BCUT2D eigenvalue weighted by Crippen LogP contribution is -2.44. The normalized spacial score (nSPS) is 14.0. The molecule has 0 rings (SSSR count). The molecule has 0 aromatic rings. The second-order valence-corrected chi connectivity index (χ2v) is 22.6. The Morgan fingerprint density at radius 3 is 0.943 bits per heavy atom. The van der Waals surface area contributed by atoms with Crippen LogP contribution in [-0.2, 0) is 33.3 Å². The number of unbranched alkanes of at least 4 members (excludes halogenated alkanes) is 12. The number of quaternary nitrogens is 1. The number of carboxylic acids is 1. The van der Waals surface area contributed by atoms with Gasteiger partial charge in [0.05, 0.1) is 40.3 Å². The molecule has 0 aromatic carbocycles. The molecule has 0 saturated heterocycles. The summed E-state index contributed by atoms with van der Waals surface area (Å²) in [6.07, 6.45) is 99.3. The molecule has 0 bridgehead atoms. The average molecular weight is 1200 g/mol. The summed E-state index contributed by atoms with van der Waals surface area (Å²) >= 11 is 0. The molecule has 2 atom stereocenters. The minimum absolute atomic E-state index is 0.127. The topological polar surface area (TPSA) is 111 Å². The van der Waals surface area contributed by atoms with Crippen LogP contribution in [-0.4, -0.2) is 82.3 Å². The van der Waals surface area contributed by atoms with E-state index >= 15 is 0 Å². The maximum absolute atomic E-state index is 12.9. The Labute approximate surface area is 532 Å². The van der Waals surface area contributed by atoms with Gasteiger partial charge in [-0.15, -0.1) is 0 Å². The molecule has 0 N–H and O–H groups in total. The van der Waals surface area contributed by atoms with Gasteiger partial charge in [-0.25, -0.2) is 0 Å². The third-order valence-electron chi connectivity index (χ3n) is 13.3. The van der Waals surface area contributed by atoms with Gasteiger partial charge in [-0.3, -0.25) is 9.59 Å². The number of likely N-dealkylation sites (N-methyl/N-ethyl adjacent to an activating group) is 1. The lowest BCUT2D eigenvalue weighted by atomic mass is 10.1. The summed E-state index contributed by atoms with van der Waals surface area (Å²) in [5, 5.41) is 11.8. The van der Waals surface area contributed by atoms with E-state index in [1.807, 2.05) is 21.1 Å². The molecule has 0 spiro atoms. The Hall–Kier alpha value is -5.87. The van der Waals surface area contributed by atoms with Gasteiger partial charge in [0.2, 0.25) is 0 Å². The number of rotatable bonds is 59. The number of ether oxygens (including phenoxy) is 4. The molecule has 0 fully saturated rings. The number of hydrogen-bond donors (Lipinski definition) is 0. The number of allylic oxidation sites excluding steroid dienone is 32. The van der Waals surface area contributed by atoms with Crippen molar-refractivity contribution in [3.63, 3.8) is 0 Å². The highest BCUT2D eigenvalue weighted by Gasteiger charge is 2.22. The predicted octanol–water partition coefficient (Wildman–Crippen LogP) is 19.7. The number of carbonyl (C=O) groups is 3. The van der Waals surface area contributed by atoms with E-state index in [2.05, 4.69) is 208 Å². The molecular formula is C78H121NO8. The van der Waals surface area contributed by atoms with E-state index < -0.39 is 24.3 Å². The van der Waals surface area contributed by atoms with Crippen LogP contribution in [0.1, 0.15) is 219 Å². The monoisotopic (exact) mass is 1200 g/mol. The van der Waals surface area contributed by atoms with Crippen LogP contribution in [0.4, 0.5) is 0 Å². The summed E-state index contributed by atoms with van der Waals surface area (Å²) in [7, 11) is 5.89. The first-order chi connectivity index (χ1) is 42.6. The highest BCUT2D eigenvalue weighted by atomic mass is 16.7.